The van der Waals surface area contributed by atoms with E-state index in [-0.39, 0.29) is 0 Å². The third kappa shape index (κ3) is 5.88. The van der Waals surface area contributed by atoms with Crippen LogP contribution >= 0.6 is 11.6 Å². The molecule has 118 valence electrons. The minimum Gasteiger partial charge on any atom is -0.385 e. The predicted molar refractivity (Wildman–Crippen MR) is 90.8 cm³/mol. The lowest BCUT2D eigenvalue weighted by molar-refractivity contribution is 0.185. The maximum atomic E-state index is 8.83. The molecule has 1 heterocycles. The first-order chi connectivity index (χ1) is 10.5. The number of allylic oxidation sites excluding steroid dienone is 4. The van der Waals surface area contributed by atoms with Crippen LogP contribution in [0.3, 0.4) is 0 Å². The molecule has 5 heteroatoms. The number of hydrogen-bond acceptors (Lipinski definition) is 4. The molecular weight excluding hydrogens is 298 g/mol. The normalized spacial score (nSPS) is 13.6. The summed E-state index contributed by atoms with van der Waals surface area (Å²) < 4.78 is 5.10. The highest BCUT2D eigenvalue weighted by molar-refractivity contribution is 6.31. The Labute approximate surface area is 137 Å². The Hall–Kier alpha value is -1.83. The van der Waals surface area contributed by atoms with Gasteiger partial charge in [0, 0.05) is 31.7 Å². The van der Waals surface area contributed by atoms with E-state index in [0.29, 0.717) is 22.3 Å². The first kappa shape index (κ1) is 18.2. The van der Waals surface area contributed by atoms with Gasteiger partial charge in [0.1, 0.15) is 11.9 Å². The SMILES string of the molecule is COCCC(C)/C(C)=C/C=C(\C)Nc1cc(Cl)c(C#N)cn1. The molecule has 0 aliphatic carbocycles. The van der Waals surface area contributed by atoms with Crippen LogP contribution in [0.2, 0.25) is 5.02 Å². The van der Waals surface area contributed by atoms with Gasteiger partial charge in [-0.2, -0.15) is 5.26 Å². The van der Waals surface area contributed by atoms with Gasteiger partial charge in [0.2, 0.25) is 0 Å². The summed E-state index contributed by atoms with van der Waals surface area (Å²) in [6, 6.07) is 3.64. The van der Waals surface area contributed by atoms with Crippen molar-refractivity contribution in [1.29, 1.82) is 5.26 Å². The van der Waals surface area contributed by atoms with Crippen LogP contribution in [-0.4, -0.2) is 18.7 Å². The Morgan fingerprint density at radius 1 is 1.50 bits per heavy atom. The summed E-state index contributed by atoms with van der Waals surface area (Å²) in [5.74, 6) is 1.10. The van der Waals surface area contributed by atoms with Gasteiger partial charge in [0.05, 0.1) is 10.6 Å². The Kier molecular flexibility index (Phi) is 7.65. The zero-order valence-electron chi connectivity index (χ0n) is 13.5. The molecule has 0 aliphatic heterocycles. The first-order valence-electron chi connectivity index (χ1n) is 7.14. The fourth-order valence-corrected chi connectivity index (χ4v) is 1.96. The average Bonchev–Trinajstić information content (AvgIpc) is 2.50. The molecule has 4 nitrogen and oxygen atoms in total. The van der Waals surface area contributed by atoms with Crippen LogP contribution < -0.4 is 5.32 Å². The van der Waals surface area contributed by atoms with Gasteiger partial charge in [0.25, 0.3) is 0 Å². The van der Waals surface area contributed by atoms with Crippen LogP contribution in [0.15, 0.2) is 35.7 Å². The van der Waals surface area contributed by atoms with E-state index in [9.17, 15) is 0 Å². The minimum absolute atomic E-state index is 0.372. The Balaban J connectivity index is 2.70. The van der Waals surface area contributed by atoms with Crippen molar-refractivity contribution < 1.29 is 4.74 Å². The highest BCUT2D eigenvalue weighted by Gasteiger charge is 2.04. The third-order valence-electron chi connectivity index (χ3n) is 3.43. The molecule has 0 spiro atoms. The van der Waals surface area contributed by atoms with Gasteiger partial charge in [0.15, 0.2) is 0 Å². The Morgan fingerprint density at radius 3 is 2.82 bits per heavy atom. The molecule has 1 N–H and O–H groups in total. The second-order valence-electron chi connectivity index (χ2n) is 5.23. The average molecular weight is 320 g/mol. The van der Waals surface area contributed by atoms with Crippen molar-refractivity contribution in [2.75, 3.05) is 19.0 Å². The van der Waals surface area contributed by atoms with E-state index < -0.39 is 0 Å². The maximum absolute atomic E-state index is 8.83. The second-order valence-corrected chi connectivity index (χ2v) is 5.64. The van der Waals surface area contributed by atoms with Gasteiger partial charge >= 0.3 is 0 Å². The summed E-state index contributed by atoms with van der Waals surface area (Å²) in [6.45, 7) is 7.02. The number of halogens is 1. The summed E-state index contributed by atoms with van der Waals surface area (Å²) in [5.41, 5.74) is 2.62. The van der Waals surface area contributed by atoms with E-state index in [1.807, 2.05) is 19.1 Å². The van der Waals surface area contributed by atoms with E-state index in [2.05, 4.69) is 30.2 Å². The van der Waals surface area contributed by atoms with Gasteiger partial charge < -0.3 is 10.1 Å². The summed E-state index contributed by atoms with van der Waals surface area (Å²) in [4.78, 5) is 4.16. The molecule has 0 saturated heterocycles. The van der Waals surface area contributed by atoms with Crippen LogP contribution in [-0.2, 0) is 4.74 Å². The number of ether oxygens (including phenoxy) is 1. The predicted octanol–water partition coefficient (Wildman–Crippen LogP) is 4.54. The Morgan fingerprint density at radius 2 is 2.23 bits per heavy atom. The fraction of sp³-hybridized carbons (Fsp3) is 0.412. The van der Waals surface area contributed by atoms with Crippen molar-refractivity contribution >= 4 is 17.4 Å². The van der Waals surface area contributed by atoms with E-state index in [0.717, 1.165) is 18.7 Å². The van der Waals surface area contributed by atoms with Gasteiger partial charge in [-0.05, 0) is 32.3 Å². The molecule has 0 amide bonds. The molecule has 0 saturated carbocycles. The largest absolute Gasteiger partial charge is 0.385 e. The number of rotatable bonds is 7. The zero-order chi connectivity index (χ0) is 16.5. The van der Waals surface area contributed by atoms with Crippen molar-refractivity contribution in [1.82, 2.24) is 4.98 Å². The van der Waals surface area contributed by atoms with Crippen molar-refractivity contribution in [2.24, 2.45) is 5.92 Å². The van der Waals surface area contributed by atoms with E-state index in [1.165, 1.54) is 11.8 Å². The number of pyridine rings is 1. The third-order valence-corrected chi connectivity index (χ3v) is 3.74. The minimum atomic E-state index is 0.372. The topological polar surface area (TPSA) is 57.9 Å². The quantitative estimate of drug-likeness (QED) is 0.749. The number of nitrogens with one attached hydrogen (secondary N) is 1. The summed E-state index contributed by atoms with van der Waals surface area (Å²) >= 11 is 5.98. The lowest BCUT2D eigenvalue weighted by Gasteiger charge is -2.11. The summed E-state index contributed by atoms with van der Waals surface area (Å²) in [6.07, 6.45) is 6.57. The van der Waals surface area contributed by atoms with Crippen molar-refractivity contribution in [2.45, 2.75) is 27.2 Å². The number of nitriles is 1. The van der Waals surface area contributed by atoms with E-state index >= 15 is 0 Å². The van der Waals surface area contributed by atoms with Crippen molar-refractivity contribution in [3.05, 3.63) is 46.3 Å². The molecule has 22 heavy (non-hydrogen) atoms. The molecule has 0 aliphatic rings. The number of nitrogens with zero attached hydrogens (tertiary/aromatic N) is 2. The first-order valence-corrected chi connectivity index (χ1v) is 7.52. The van der Waals surface area contributed by atoms with Crippen LogP contribution in [0.5, 0.6) is 0 Å². The molecule has 0 aromatic carbocycles. The van der Waals surface area contributed by atoms with E-state index in [1.54, 1.807) is 13.2 Å². The number of anilines is 1. The Bertz CT molecular complexity index is 602. The summed E-state index contributed by atoms with van der Waals surface area (Å²) in [5, 5.41) is 12.4. The van der Waals surface area contributed by atoms with Crippen molar-refractivity contribution in [3.63, 3.8) is 0 Å². The molecule has 1 aromatic heterocycles. The number of methoxy groups -OCH3 is 1. The number of aromatic nitrogens is 1. The van der Waals surface area contributed by atoms with E-state index in [4.69, 9.17) is 21.6 Å². The zero-order valence-corrected chi connectivity index (χ0v) is 14.2. The molecule has 0 radical (unpaired) electrons. The molecule has 1 rings (SSSR count). The monoisotopic (exact) mass is 319 g/mol. The smallest absolute Gasteiger partial charge is 0.131 e. The standard InChI is InChI=1S/C17H22ClN3O/c1-12(13(2)7-8-22-4)5-6-14(3)21-17-9-16(18)15(10-19)11-20-17/h5-6,9,11,13H,7-8H2,1-4H3,(H,20,21)/b12-5+,14-6+. The maximum Gasteiger partial charge on any atom is 0.131 e. The number of hydrogen-bond donors (Lipinski definition) is 1. The van der Waals surface area contributed by atoms with Crippen LogP contribution in [0.4, 0.5) is 5.82 Å². The lowest BCUT2D eigenvalue weighted by atomic mass is 9.99. The van der Waals surface area contributed by atoms with Crippen LogP contribution in [0, 0.1) is 17.2 Å². The fourth-order valence-electron chi connectivity index (χ4n) is 1.77. The van der Waals surface area contributed by atoms with Gasteiger partial charge in [-0.15, -0.1) is 0 Å². The molecule has 0 fully saturated rings. The van der Waals surface area contributed by atoms with Crippen molar-refractivity contribution in [3.8, 4) is 6.07 Å². The molecule has 1 atom stereocenters. The lowest BCUT2D eigenvalue weighted by Crippen LogP contribution is -2.02. The molecule has 1 aromatic rings. The molecular formula is C17H22ClN3O. The molecule has 1 unspecified atom stereocenters. The second kappa shape index (κ2) is 9.24. The molecule has 0 bridgehead atoms. The highest BCUT2D eigenvalue weighted by Crippen LogP contribution is 2.19. The van der Waals surface area contributed by atoms with Gasteiger partial charge in [-0.1, -0.05) is 30.2 Å². The summed E-state index contributed by atoms with van der Waals surface area (Å²) in [7, 11) is 1.72. The van der Waals surface area contributed by atoms with Gasteiger partial charge in [-0.25, -0.2) is 4.98 Å². The highest BCUT2D eigenvalue weighted by atomic mass is 35.5. The van der Waals surface area contributed by atoms with Crippen LogP contribution in [0.1, 0.15) is 32.8 Å². The van der Waals surface area contributed by atoms with Gasteiger partial charge in [-0.3, -0.25) is 0 Å². The van der Waals surface area contributed by atoms with Crippen LogP contribution in [0.25, 0.3) is 0 Å².